The first-order valence-electron chi connectivity index (χ1n) is 9.12. The van der Waals surface area contributed by atoms with Crippen molar-refractivity contribution in [3.8, 4) is 0 Å². The summed E-state index contributed by atoms with van der Waals surface area (Å²) in [6.45, 7) is 1.00. The lowest BCUT2D eigenvalue weighted by molar-refractivity contribution is 0.0959. The Labute approximate surface area is 173 Å². The standard InChI is InChI=1S/C18H23N7O4S/c1-30(21,28)13-6-2-4-11(8-13)23-16-14(15(19)26)9-22-18(24-16)25-7-3-5-12(10-25)29-17(20)27/h2,4,6,8-9,12,21H,3,5,7,10H2,1H3,(H2,19,26)(H2,20,27)(H,22,23,24)/t12-,30?/m0/s1. The molecule has 0 saturated carbocycles. The van der Waals surface area contributed by atoms with Crippen LogP contribution in [-0.4, -0.2) is 51.6 Å². The zero-order chi connectivity index (χ0) is 21.9. The van der Waals surface area contributed by atoms with Crippen LogP contribution in [0.15, 0.2) is 35.4 Å². The fourth-order valence-corrected chi connectivity index (χ4v) is 3.82. The molecule has 2 amide bonds. The fourth-order valence-electron chi connectivity index (χ4n) is 3.13. The van der Waals surface area contributed by atoms with E-state index in [-0.39, 0.29) is 17.5 Å². The minimum Gasteiger partial charge on any atom is -0.445 e. The fraction of sp³-hybridized carbons (Fsp3) is 0.333. The maximum Gasteiger partial charge on any atom is 0.404 e. The number of nitrogens with two attached hydrogens (primary N) is 2. The van der Waals surface area contributed by atoms with Crippen LogP contribution in [0, 0.1) is 4.78 Å². The molecule has 2 aromatic rings. The van der Waals surface area contributed by atoms with Crippen LogP contribution in [0.1, 0.15) is 23.2 Å². The molecule has 1 aromatic carbocycles. The Morgan fingerprint density at radius 2 is 2.13 bits per heavy atom. The molecule has 2 atom stereocenters. The van der Waals surface area contributed by atoms with Crippen molar-refractivity contribution in [2.75, 3.05) is 29.6 Å². The third-order valence-electron chi connectivity index (χ3n) is 4.53. The van der Waals surface area contributed by atoms with Gasteiger partial charge in [0.05, 0.1) is 16.3 Å². The van der Waals surface area contributed by atoms with Gasteiger partial charge in [-0.25, -0.2) is 18.8 Å². The molecule has 1 aliphatic rings. The number of hydrogen-bond acceptors (Lipinski definition) is 9. The summed E-state index contributed by atoms with van der Waals surface area (Å²) in [5.41, 5.74) is 11.1. The zero-order valence-electron chi connectivity index (χ0n) is 16.3. The van der Waals surface area contributed by atoms with Crippen molar-refractivity contribution < 1.29 is 18.5 Å². The van der Waals surface area contributed by atoms with Crippen LogP contribution in [0.3, 0.4) is 0 Å². The predicted octanol–water partition coefficient (Wildman–Crippen LogP) is 1.42. The molecular weight excluding hydrogens is 410 g/mol. The second kappa shape index (κ2) is 8.53. The Balaban J connectivity index is 1.90. The van der Waals surface area contributed by atoms with Crippen LogP contribution in [-0.2, 0) is 14.5 Å². The molecule has 30 heavy (non-hydrogen) atoms. The monoisotopic (exact) mass is 433 g/mol. The van der Waals surface area contributed by atoms with Gasteiger partial charge in [-0.1, -0.05) is 6.07 Å². The molecular formula is C18H23N7O4S. The van der Waals surface area contributed by atoms with E-state index in [1.807, 2.05) is 4.90 Å². The summed E-state index contributed by atoms with van der Waals surface area (Å²) in [4.78, 5) is 33.7. The molecule has 160 valence electrons. The molecule has 12 heteroatoms. The van der Waals surface area contributed by atoms with E-state index in [0.29, 0.717) is 36.0 Å². The van der Waals surface area contributed by atoms with E-state index in [4.69, 9.17) is 21.0 Å². The van der Waals surface area contributed by atoms with E-state index in [2.05, 4.69) is 15.3 Å². The highest BCUT2D eigenvalue weighted by Gasteiger charge is 2.25. The van der Waals surface area contributed by atoms with Crippen molar-refractivity contribution >= 4 is 39.2 Å². The Bertz CT molecular complexity index is 1070. The molecule has 1 unspecified atom stereocenters. The van der Waals surface area contributed by atoms with Gasteiger partial charge in [-0.3, -0.25) is 4.79 Å². The number of piperidine rings is 1. The molecule has 11 nitrogen and oxygen atoms in total. The van der Waals surface area contributed by atoms with Crippen molar-refractivity contribution in [1.29, 1.82) is 4.78 Å². The smallest absolute Gasteiger partial charge is 0.404 e. The molecule has 3 rings (SSSR count). The second-order valence-corrected chi connectivity index (χ2v) is 9.10. The Morgan fingerprint density at radius 3 is 2.80 bits per heavy atom. The van der Waals surface area contributed by atoms with Gasteiger partial charge < -0.3 is 26.4 Å². The quantitative estimate of drug-likeness (QED) is 0.528. The molecule has 0 radical (unpaired) electrons. The number of amides is 2. The summed E-state index contributed by atoms with van der Waals surface area (Å²) in [6, 6.07) is 6.49. The van der Waals surface area contributed by atoms with Gasteiger partial charge in [0.1, 0.15) is 17.5 Å². The topological polar surface area (TPSA) is 177 Å². The van der Waals surface area contributed by atoms with Crippen molar-refractivity contribution in [3.05, 3.63) is 36.0 Å². The first-order chi connectivity index (χ1) is 14.1. The van der Waals surface area contributed by atoms with Crippen molar-refractivity contribution in [1.82, 2.24) is 9.97 Å². The van der Waals surface area contributed by atoms with E-state index in [0.717, 1.165) is 6.42 Å². The number of nitrogens with zero attached hydrogens (tertiary/aromatic N) is 3. The van der Waals surface area contributed by atoms with Gasteiger partial charge >= 0.3 is 6.09 Å². The van der Waals surface area contributed by atoms with Crippen molar-refractivity contribution in [2.45, 2.75) is 23.8 Å². The average Bonchev–Trinajstić information content (AvgIpc) is 2.67. The SMILES string of the molecule is CS(=N)(=O)c1cccc(Nc2nc(N3CCC[C@H](OC(N)=O)C3)ncc2C(N)=O)c1. The first kappa shape index (κ1) is 21.3. The van der Waals surface area contributed by atoms with Crippen molar-refractivity contribution in [2.24, 2.45) is 11.5 Å². The molecule has 1 saturated heterocycles. The maximum absolute atomic E-state index is 12.0. The largest absolute Gasteiger partial charge is 0.445 e. The molecule has 2 heterocycles. The highest BCUT2D eigenvalue weighted by molar-refractivity contribution is 7.91. The minimum absolute atomic E-state index is 0.0780. The highest BCUT2D eigenvalue weighted by Crippen LogP contribution is 2.25. The minimum atomic E-state index is -2.91. The van der Waals surface area contributed by atoms with Gasteiger partial charge in [-0.15, -0.1) is 0 Å². The van der Waals surface area contributed by atoms with Gasteiger partial charge in [0.15, 0.2) is 0 Å². The third-order valence-corrected chi connectivity index (χ3v) is 5.69. The number of benzene rings is 1. The predicted molar refractivity (Wildman–Crippen MR) is 111 cm³/mol. The lowest BCUT2D eigenvalue weighted by Gasteiger charge is -2.32. The van der Waals surface area contributed by atoms with Crippen LogP contribution in [0.5, 0.6) is 0 Å². The van der Waals surface area contributed by atoms with E-state index < -0.39 is 21.7 Å². The number of rotatable bonds is 6. The van der Waals surface area contributed by atoms with Gasteiger partial charge in [-0.2, -0.15) is 4.98 Å². The molecule has 1 aromatic heterocycles. The molecule has 1 aliphatic heterocycles. The third kappa shape index (κ3) is 5.14. The van der Waals surface area contributed by atoms with Crippen LogP contribution in [0.2, 0.25) is 0 Å². The Morgan fingerprint density at radius 1 is 1.37 bits per heavy atom. The summed E-state index contributed by atoms with van der Waals surface area (Å²) in [5, 5.41) is 3.00. The normalized spacial score (nSPS) is 18.3. The number of hydrogen-bond donors (Lipinski definition) is 4. The average molecular weight is 433 g/mol. The van der Waals surface area contributed by atoms with E-state index in [9.17, 15) is 13.8 Å². The number of ether oxygens (including phenoxy) is 1. The summed E-state index contributed by atoms with van der Waals surface area (Å²) in [5.74, 6) is -0.208. The Hall–Kier alpha value is -3.41. The van der Waals surface area contributed by atoms with Crippen molar-refractivity contribution in [3.63, 3.8) is 0 Å². The summed E-state index contributed by atoms with van der Waals surface area (Å²) >= 11 is 0. The maximum atomic E-state index is 12.0. The van der Waals surface area contributed by atoms with E-state index >= 15 is 0 Å². The van der Waals surface area contributed by atoms with Crippen LogP contribution in [0.25, 0.3) is 0 Å². The zero-order valence-corrected chi connectivity index (χ0v) is 17.1. The number of primary amides is 2. The summed E-state index contributed by atoms with van der Waals surface area (Å²) in [6.07, 6.45) is 2.86. The van der Waals surface area contributed by atoms with Gasteiger partial charge in [0, 0.05) is 29.6 Å². The number of nitrogens with one attached hydrogen (secondary N) is 2. The van der Waals surface area contributed by atoms with Crippen LogP contribution in [0.4, 0.5) is 22.2 Å². The molecule has 0 bridgehead atoms. The summed E-state index contributed by atoms with van der Waals surface area (Å²) < 4.78 is 24.9. The van der Waals surface area contributed by atoms with Gasteiger partial charge in [-0.05, 0) is 31.0 Å². The number of carbonyl (C=O) groups is 2. The summed E-state index contributed by atoms with van der Waals surface area (Å²) in [7, 11) is -2.91. The highest BCUT2D eigenvalue weighted by atomic mass is 32.2. The molecule has 6 N–H and O–H groups in total. The van der Waals surface area contributed by atoms with E-state index in [1.54, 1.807) is 24.3 Å². The van der Waals surface area contributed by atoms with Crippen LogP contribution >= 0.6 is 0 Å². The van der Waals surface area contributed by atoms with Crippen LogP contribution < -0.4 is 21.7 Å². The molecule has 1 fully saturated rings. The molecule has 0 spiro atoms. The first-order valence-corrected chi connectivity index (χ1v) is 11.1. The van der Waals surface area contributed by atoms with Gasteiger partial charge in [0.25, 0.3) is 5.91 Å². The number of aromatic nitrogens is 2. The second-order valence-electron chi connectivity index (χ2n) is 6.94. The van der Waals surface area contributed by atoms with Gasteiger partial charge in [0.2, 0.25) is 5.95 Å². The molecule has 0 aliphatic carbocycles. The number of carbonyl (C=O) groups excluding carboxylic acids is 2. The Kier molecular flexibility index (Phi) is 6.06. The number of anilines is 3. The lowest BCUT2D eigenvalue weighted by Crippen LogP contribution is -2.42. The lowest BCUT2D eigenvalue weighted by atomic mass is 10.1. The van der Waals surface area contributed by atoms with E-state index in [1.165, 1.54) is 12.5 Å².